The van der Waals surface area contributed by atoms with Crippen LogP contribution in [-0.2, 0) is 11.3 Å². The van der Waals surface area contributed by atoms with E-state index >= 15 is 0 Å². The molecule has 3 heterocycles. The molecule has 1 aromatic carbocycles. The van der Waals surface area contributed by atoms with Crippen LogP contribution >= 0.6 is 23.5 Å². The third-order valence-corrected chi connectivity index (χ3v) is 6.32. The minimum atomic E-state index is 0.101. The summed E-state index contributed by atoms with van der Waals surface area (Å²) in [6.07, 6.45) is 3.48. The Kier molecular flexibility index (Phi) is 5.45. The Hall–Kier alpha value is -2.32. The van der Waals surface area contributed by atoms with E-state index in [4.69, 9.17) is 0 Å². The molecule has 0 radical (unpaired) electrons. The summed E-state index contributed by atoms with van der Waals surface area (Å²) in [6.45, 7) is 3.53. The highest BCUT2D eigenvalue weighted by molar-refractivity contribution is 8.00. The van der Waals surface area contributed by atoms with Gasteiger partial charge in [-0.15, -0.1) is 22.0 Å². The smallest absolute Gasteiger partial charge is 0.237 e. The zero-order valence-corrected chi connectivity index (χ0v) is 16.5. The number of fused-ring (bicyclic) bond motifs is 1. The summed E-state index contributed by atoms with van der Waals surface area (Å²) in [5, 5.41) is 9.39. The number of carbonyl (C=O) groups excluding carboxylic acids is 1. The normalized spacial score (nSPS) is 13.4. The number of aromatic nitrogens is 4. The Balaban J connectivity index is 1.50. The monoisotopic (exact) mass is 397 g/mol. The number of hydrogen-bond donors (Lipinski definition) is 0. The number of para-hydroxylation sites is 1. The van der Waals surface area contributed by atoms with Crippen molar-refractivity contribution in [2.45, 2.75) is 23.5 Å². The summed E-state index contributed by atoms with van der Waals surface area (Å²) < 4.78 is 2.04. The van der Waals surface area contributed by atoms with Crippen LogP contribution in [0.15, 0.2) is 58.8 Å². The van der Waals surface area contributed by atoms with Crippen LogP contribution in [0.5, 0.6) is 0 Å². The number of nitrogens with zero attached hydrogens (tertiary/aromatic N) is 5. The van der Waals surface area contributed by atoms with Gasteiger partial charge in [0.25, 0.3) is 0 Å². The quantitative estimate of drug-likeness (QED) is 0.613. The van der Waals surface area contributed by atoms with Gasteiger partial charge in [0.2, 0.25) is 5.91 Å². The summed E-state index contributed by atoms with van der Waals surface area (Å²) in [6, 6.07) is 11.9. The fourth-order valence-electron chi connectivity index (χ4n) is 3.03. The summed E-state index contributed by atoms with van der Waals surface area (Å²) in [4.78, 5) is 19.9. The molecule has 0 atom stereocenters. The highest BCUT2D eigenvalue weighted by atomic mass is 32.2. The maximum absolute atomic E-state index is 12.8. The van der Waals surface area contributed by atoms with Gasteiger partial charge >= 0.3 is 0 Å². The van der Waals surface area contributed by atoms with Crippen molar-refractivity contribution in [3.63, 3.8) is 0 Å². The fraction of sp³-hybridized carbons (Fsp3) is 0.263. The summed E-state index contributed by atoms with van der Waals surface area (Å²) in [5.74, 6) is 2.16. The molecule has 8 heteroatoms. The maximum atomic E-state index is 12.8. The predicted octanol–water partition coefficient (Wildman–Crippen LogP) is 3.59. The molecular formula is C19H19N5OS2. The SMILES string of the molecule is CCn1c(SCC(=O)N2CCSc3ccccc32)nnc1-c1ccncc1. The summed E-state index contributed by atoms with van der Waals surface area (Å²) in [5.41, 5.74) is 1.98. The minimum Gasteiger partial charge on any atom is -0.310 e. The molecule has 1 aliphatic rings. The van der Waals surface area contributed by atoms with Crippen LogP contribution in [0, 0.1) is 0 Å². The molecule has 138 valence electrons. The third kappa shape index (κ3) is 3.72. The lowest BCUT2D eigenvalue weighted by atomic mass is 10.2. The zero-order valence-electron chi connectivity index (χ0n) is 14.9. The van der Waals surface area contributed by atoms with Gasteiger partial charge in [-0.05, 0) is 31.2 Å². The molecule has 27 heavy (non-hydrogen) atoms. The Labute approximate surface area is 166 Å². The molecule has 1 aliphatic heterocycles. The van der Waals surface area contributed by atoms with Gasteiger partial charge in [-0.2, -0.15) is 0 Å². The van der Waals surface area contributed by atoms with Crippen molar-refractivity contribution >= 4 is 35.1 Å². The van der Waals surface area contributed by atoms with Crippen molar-refractivity contribution < 1.29 is 4.79 Å². The van der Waals surface area contributed by atoms with Gasteiger partial charge in [0.1, 0.15) is 0 Å². The Bertz CT molecular complexity index is 944. The van der Waals surface area contributed by atoms with Gasteiger partial charge in [0, 0.05) is 41.7 Å². The molecule has 0 saturated carbocycles. The minimum absolute atomic E-state index is 0.101. The van der Waals surface area contributed by atoms with Crippen molar-refractivity contribution in [2.24, 2.45) is 0 Å². The molecule has 0 fully saturated rings. The molecule has 0 saturated heterocycles. The van der Waals surface area contributed by atoms with E-state index in [1.165, 1.54) is 16.7 Å². The van der Waals surface area contributed by atoms with E-state index in [0.717, 1.165) is 41.1 Å². The van der Waals surface area contributed by atoms with Crippen LogP contribution in [0.3, 0.4) is 0 Å². The lowest BCUT2D eigenvalue weighted by Gasteiger charge is -2.28. The lowest BCUT2D eigenvalue weighted by Crippen LogP contribution is -2.36. The van der Waals surface area contributed by atoms with E-state index in [2.05, 4.69) is 28.2 Å². The molecule has 1 amide bonds. The van der Waals surface area contributed by atoms with Crippen molar-refractivity contribution in [1.29, 1.82) is 0 Å². The van der Waals surface area contributed by atoms with Crippen LogP contribution in [-0.4, -0.2) is 43.7 Å². The van der Waals surface area contributed by atoms with E-state index in [9.17, 15) is 4.79 Å². The first-order chi connectivity index (χ1) is 13.3. The van der Waals surface area contributed by atoms with Gasteiger partial charge in [-0.1, -0.05) is 23.9 Å². The van der Waals surface area contributed by atoms with E-state index in [-0.39, 0.29) is 5.91 Å². The van der Waals surface area contributed by atoms with Gasteiger partial charge in [-0.3, -0.25) is 9.78 Å². The van der Waals surface area contributed by atoms with E-state index in [1.807, 2.05) is 39.8 Å². The first-order valence-electron chi connectivity index (χ1n) is 8.76. The largest absolute Gasteiger partial charge is 0.310 e. The van der Waals surface area contributed by atoms with E-state index in [1.54, 1.807) is 24.2 Å². The summed E-state index contributed by atoms with van der Waals surface area (Å²) >= 11 is 3.24. The molecule has 0 spiro atoms. The number of rotatable bonds is 5. The zero-order chi connectivity index (χ0) is 18.6. The van der Waals surface area contributed by atoms with Crippen LogP contribution < -0.4 is 4.90 Å². The Morgan fingerprint density at radius 3 is 2.81 bits per heavy atom. The average Bonchev–Trinajstić information content (AvgIpc) is 3.15. The maximum Gasteiger partial charge on any atom is 0.237 e. The molecular weight excluding hydrogens is 378 g/mol. The molecule has 0 N–H and O–H groups in total. The van der Waals surface area contributed by atoms with Crippen LogP contribution in [0.2, 0.25) is 0 Å². The second-order valence-corrected chi connectivity index (χ2v) is 8.02. The standard InChI is InChI=1S/C19H19N5OS2/c1-2-23-18(14-7-9-20-10-8-14)21-22-19(23)27-13-17(25)24-11-12-26-16-6-4-3-5-15(16)24/h3-10H,2,11-13H2,1H3. The van der Waals surface area contributed by atoms with Crippen molar-refractivity contribution in [2.75, 3.05) is 23.0 Å². The van der Waals surface area contributed by atoms with Gasteiger partial charge < -0.3 is 9.47 Å². The first kappa shape index (κ1) is 18.1. The second kappa shape index (κ2) is 8.14. The molecule has 0 unspecified atom stereocenters. The van der Waals surface area contributed by atoms with Crippen molar-refractivity contribution in [3.8, 4) is 11.4 Å². The molecule has 0 aliphatic carbocycles. The molecule has 6 nitrogen and oxygen atoms in total. The van der Waals surface area contributed by atoms with Gasteiger partial charge in [0.05, 0.1) is 11.4 Å². The van der Waals surface area contributed by atoms with Crippen molar-refractivity contribution in [1.82, 2.24) is 19.7 Å². The Morgan fingerprint density at radius 1 is 1.19 bits per heavy atom. The van der Waals surface area contributed by atoms with Gasteiger partial charge in [0.15, 0.2) is 11.0 Å². The lowest BCUT2D eigenvalue weighted by molar-refractivity contribution is -0.116. The van der Waals surface area contributed by atoms with Crippen LogP contribution in [0.25, 0.3) is 11.4 Å². The number of carbonyl (C=O) groups is 1. The molecule has 3 aromatic rings. The molecule has 4 rings (SSSR count). The average molecular weight is 398 g/mol. The number of thioether (sulfide) groups is 2. The fourth-order valence-corrected chi connectivity index (χ4v) is 4.90. The third-order valence-electron chi connectivity index (χ3n) is 4.33. The molecule has 0 bridgehead atoms. The number of benzene rings is 1. The Morgan fingerprint density at radius 2 is 2.00 bits per heavy atom. The predicted molar refractivity (Wildman–Crippen MR) is 109 cm³/mol. The van der Waals surface area contributed by atoms with E-state index in [0.29, 0.717) is 5.75 Å². The highest BCUT2D eigenvalue weighted by Gasteiger charge is 2.23. The highest BCUT2D eigenvalue weighted by Crippen LogP contribution is 2.35. The number of anilines is 1. The van der Waals surface area contributed by atoms with E-state index < -0.39 is 0 Å². The topological polar surface area (TPSA) is 63.9 Å². The van der Waals surface area contributed by atoms with Crippen molar-refractivity contribution in [3.05, 3.63) is 48.8 Å². The molecule has 2 aromatic heterocycles. The summed E-state index contributed by atoms with van der Waals surface area (Å²) in [7, 11) is 0. The number of amides is 1. The van der Waals surface area contributed by atoms with Crippen LogP contribution in [0.1, 0.15) is 6.92 Å². The van der Waals surface area contributed by atoms with Crippen LogP contribution in [0.4, 0.5) is 5.69 Å². The second-order valence-electron chi connectivity index (χ2n) is 5.94. The first-order valence-corrected chi connectivity index (χ1v) is 10.7. The number of pyridine rings is 1. The van der Waals surface area contributed by atoms with Gasteiger partial charge in [-0.25, -0.2) is 0 Å². The number of hydrogen-bond acceptors (Lipinski definition) is 6.